The molecule has 3 fully saturated rings. The fourth-order valence-corrected chi connectivity index (χ4v) is 6.84. The largest absolute Gasteiger partial charge is 0.393 e. The summed E-state index contributed by atoms with van der Waals surface area (Å²) in [4.78, 5) is 0. The lowest BCUT2D eigenvalue weighted by Gasteiger charge is -2.58. The number of fused-ring (bicyclic) bond motifs is 5. The van der Waals surface area contributed by atoms with Gasteiger partial charge in [0.1, 0.15) is 0 Å². The van der Waals surface area contributed by atoms with Crippen molar-refractivity contribution in [1.29, 1.82) is 0 Å². The van der Waals surface area contributed by atoms with Crippen molar-refractivity contribution in [2.45, 2.75) is 83.2 Å². The smallest absolute Gasteiger partial charge is 0.0962 e. The van der Waals surface area contributed by atoms with E-state index in [-0.39, 0.29) is 23.4 Å². The Kier molecular flexibility index (Phi) is 3.84. The molecular formula is C21H32O4. The van der Waals surface area contributed by atoms with E-state index < -0.39 is 23.2 Å². The average Bonchev–Trinajstić information content (AvgIpc) is 2.80. The first-order chi connectivity index (χ1) is 11.6. The molecule has 0 spiro atoms. The van der Waals surface area contributed by atoms with Crippen LogP contribution in [0.3, 0.4) is 0 Å². The molecule has 8 atom stereocenters. The van der Waals surface area contributed by atoms with Gasteiger partial charge in [-0.2, -0.15) is 0 Å². The van der Waals surface area contributed by atoms with Gasteiger partial charge in [-0.05, 0) is 56.8 Å². The van der Waals surface area contributed by atoms with Crippen LogP contribution in [0.1, 0.15) is 59.3 Å². The van der Waals surface area contributed by atoms with Gasteiger partial charge in [0.05, 0.1) is 23.9 Å². The molecule has 0 aromatic rings. The van der Waals surface area contributed by atoms with Gasteiger partial charge in [0.2, 0.25) is 0 Å². The second kappa shape index (κ2) is 5.41. The topological polar surface area (TPSA) is 80.9 Å². The fraction of sp³-hybridized carbons (Fsp3) is 0.810. The van der Waals surface area contributed by atoms with Gasteiger partial charge in [0, 0.05) is 11.3 Å². The Morgan fingerprint density at radius 3 is 2.52 bits per heavy atom. The average molecular weight is 348 g/mol. The van der Waals surface area contributed by atoms with Crippen molar-refractivity contribution in [2.24, 2.45) is 22.7 Å². The third kappa shape index (κ3) is 2.14. The molecule has 0 radical (unpaired) electrons. The normalized spacial score (nSPS) is 53.2. The Labute approximate surface area is 150 Å². The van der Waals surface area contributed by atoms with Crippen LogP contribution in [0.2, 0.25) is 0 Å². The SMILES string of the molecule is C[C@@H](O)[C@@]1(O)CC[C@H]2C3=CC=C4C[C@@H](O)CC[C@]4(C)[C@H]3[C@H](O)C[C@@]21C. The van der Waals surface area contributed by atoms with Gasteiger partial charge in [-0.25, -0.2) is 0 Å². The number of allylic oxidation sites excluding steroid dienone is 2. The fourth-order valence-electron chi connectivity index (χ4n) is 6.84. The second-order valence-corrected chi connectivity index (χ2v) is 9.53. The molecule has 0 aromatic carbocycles. The number of hydrogen-bond acceptors (Lipinski definition) is 4. The zero-order chi connectivity index (χ0) is 18.2. The summed E-state index contributed by atoms with van der Waals surface area (Å²) >= 11 is 0. The lowest BCUT2D eigenvalue weighted by molar-refractivity contribution is -0.166. The molecule has 4 aliphatic rings. The Morgan fingerprint density at radius 1 is 1.12 bits per heavy atom. The van der Waals surface area contributed by atoms with Crippen molar-refractivity contribution in [1.82, 2.24) is 0 Å². The van der Waals surface area contributed by atoms with Gasteiger partial charge in [-0.3, -0.25) is 0 Å². The molecule has 0 saturated heterocycles. The highest BCUT2D eigenvalue weighted by atomic mass is 16.3. The van der Waals surface area contributed by atoms with Crippen LogP contribution < -0.4 is 0 Å². The van der Waals surface area contributed by atoms with E-state index in [2.05, 4.69) is 19.1 Å². The molecule has 140 valence electrons. The Morgan fingerprint density at radius 2 is 1.84 bits per heavy atom. The van der Waals surface area contributed by atoms with Crippen molar-refractivity contribution in [2.75, 3.05) is 0 Å². The van der Waals surface area contributed by atoms with Gasteiger partial charge in [0.25, 0.3) is 0 Å². The first-order valence-corrected chi connectivity index (χ1v) is 9.81. The third-order valence-corrected chi connectivity index (χ3v) is 8.39. The minimum Gasteiger partial charge on any atom is -0.393 e. The molecule has 0 aliphatic heterocycles. The van der Waals surface area contributed by atoms with Gasteiger partial charge < -0.3 is 20.4 Å². The van der Waals surface area contributed by atoms with E-state index in [1.165, 1.54) is 11.1 Å². The molecular weight excluding hydrogens is 316 g/mol. The summed E-state index contributed by atoms with van der Waals surface area (Å²) in [5.41, 5.74) is 0.763. The molecule has 4 aliphatic carbocycles. The van der Waals surface area contributed by atoms with Gasteiger partial charge >= 0.3 is 0 Å². The molecule has 0 aromatic heterocycles. The van der Waals surface area contributed by atoms with Crippen molar-refractivity contribution in [3.63, 3.8) is 0 Å². The lowest BCUT2D eigenvalue weighted by Crippen LogP contribution is -2.59. The highest BCUT2D eigenvalue weighted by molar-refractivity contribution is 5.41. The van der Waals surface area contributed by atoms with E-state index in [1.807, 2.05) is 6.92 Å². The summed E-state index contributed by atoms with van der Waals surface area (Å²) in [6.07, 6.45) is 7.03. The van der Waals surface area contributed by atoms with E-state index in [4.69, 9.17) is 0 Å². The maximum atomic E-state index is 11.2. The Hall–Kier alpha value is -0.680. The molecule has 4 rings (SSSR count). The predicted molar refractivity (Wildman–Crippen MR) is 95.7 cm³/mol. The summed E-state index contributed by atoms with van der Waals surface area (Å²) < 4.78 is 0. The van der Waals surface area contributed by atoms with Crippen LogP contribution >= 0.6 is 0 Å². The van der Waals surface area contributed by atoms with Crippen LogP contribution in [0.25, 0.3) is 0 Å². The molecule has 4 N–H and O–H groups in total. The van der Waals surface area contributed by atoms with Gasteiger partial charge in [0.15, 0.2) is 0 Å². The Balaban J connectivity index is 1.79. The molecule has 0 bridgehead atoms. The zero-order valence-corrected chi connectivity index (χ0v) is 15.6. The Bertz CT molecular complexity index is 638. The van der Waals surface area contributed by atoms with Crippen LogP contribution in [0.4, 0.5) is 0 Å². The molecule has 4 heteroatoms. The standard InChI is InChI=1S/C21H32O4/c1-12(22)21(25)9-7-16-15-5-4-13-10-14(23)6-8-19(13,2)18(15)17(24)11-20(16,21)3/h4-5,12,14,16-18,22-25H,6-11H2,1-3H3/t12-,14+,16+,17-,18-,19+,20+,21+/m1/s1. The minimum absolute atomic E-state index is 0.0643. The summed E-state index contributed by atoms with van der Waals surface area (Å²) in [5.74, 6) is 0.261. The molecule has 3 saturated carbocycles. The number of hydrogen-bond donors (Lipinski definition) is 4. The van der Waals surface area contributed by atoms with E-state index in [0.717, 1.165) is 19.3 Å². The van der Waals surface area contributed by atoms with E-state index >= 15 is 0 Å². The van der Waals surface area contributed by atoms with Crippen LogP contribution in [0, 0.1) is 22.7 Å². The maximum Gasteiger partial charge on any atom is 0.0962 e. The lowest BCUT2D eigenvalue weighted by atomic mass is 9.49. The first-order valence-electron chi connectivity index (χ1n) is 9.81. The predicted octanol–water partition coefficient (Wildman–Crippen LogP) is 2.31. The molecule has 25 heavy (non-hydrogen) atoms. The first kappa shape index (κ1) is 17.7. The third-order valence-electron chi connectivity index (χ3n) is 8.39. The number of aliphatic hydroxyl groups excluding tert-OH is 3. The molecule has 0 amide bonds. The molecule has 0 unspecified atom stereocenters. The summed E-state index contributed by atoms with van der Waals surface area (Å²) in [6, 6.07) is 0. The highest BCUT2D eigenvalue weighted by Gasteiger charge is 2.65. The zero-order valence-electron chi connectivity index (χ0n) is 15.6. The molecule has 4 nitrogen and oxygen atoms in total. The summed E-state index contributed by atoms with van der Waals surface area (Å²) in [5, 5.41) is 42.7. The quantitative estimate of drug-likeness (QED) is 0.586. The van der Waals surface area contributed by atoms with Crippen molar-refractivity contribution in [3.05, 3.63) is 23.3 Å². The van der Waals surface area contributed by atoms with Crippen molar-refractivity contribution < 1.29 is 20.4 Å². The molecule has 0 heterocycles. The van der Waals surface area contributed by atoms with E-state index in [1.54, 1.807) is 6.92 Å². The van der Waals surface area contributed by atoms with Gasteiger partial charge in [-0.15, -0.1) is 0 Å². The summed E-state index contributed by atoms with van der Waals surface area (Å²) in [6.45, 7) is 5.96. The number of rotatable bonds is 1. The van der Waals surface area contributed by atoms with E-state index in [0.29, 0.717) is 19.3 Å². The van der Waals surface area contributed by atoms with E-state index in [9.17, 15) is 20.4 Å². The van der Waals surface area contributed by atoms with Crippen LogP contribution in [0.15, 0.2) is 23.3 Å². The highest BCUT2D eigenvalue weighted by Crippen LogP contribution is 2.66. The second-order valence-electron chi connectivity index (χ2n) is 9.53. The van der Waals surface area contributed by atoms with Crippen LogP contribution in [0.5, 0.6) is 0 Å². The van der Waals surface area contributed by atoms with Crippen molar-refractivity contribution >= 4 is 0 Å². The van der Waals surface area contributed by atoms with Gasteiger partial charge in [-0.1, -0.05) is 37.1 Å². The van der Waals surface area contributed by atoms with Crippen LogP contribution in [-0.2, 0) is 0 Å². The van der Waals surface area contributed by atoms with Crippen molar-refractivity contribution in [3.8, 4) is 0 Å². The maximum absolute atomic E-state index is 11.2. The monoisotopic (exact) mass is 348 g/mol. The minimum atomic E-state index is -1.14. The van der Waals surface area contributed by atoms with Crippen LogP contribution in [-0.4, -0.2) is 44.3 Å². The summed E-state index contributed by atoms with van der Waals surface area (Å²) in [7, 11) is 0. The number of aliphatic hydroxyl groups is 4.